The SMILES string of the molecule is CC(C)c1ccc(-c2nnc(NC(=O)COc3ccc4c(c3)CCC4)s2)cc1. The monoisotopic (exact) mass is 393 g/mol. The fourth-order valence-electron chi connectivity index (χ4n) is 3.34. The normalized spacial score (nSPS) is 12.8. The molecule has 6 heteroatoms. The van der Waals surface area contributed by atoms with Gasteiger partial charge in [-0.1, -0.05) is 55.5 Å². The van der Waals surface area contributed by atoms with Gasteiger partial charge < -0.3 is 4.74 Å². The molecule has 0 radical (unpaired) electrons. The van der Waals surface area contributed by atoms with Crippen molar-refractivity contribution in [3.05, 3.63) is 59.2 Å². The summed E-state index contributed by atoms with van der Waals surface area (Å²) in [5.41, 5.74) is 5.00. The summed E-state index contributed by atoms with van der Waals surface area (Å²) in [5.74, 6) is 0.987. The van der Waals surface area contributed by atoms with Crippen molar-refractivity contribution in [1.82, 2.24) is 10.2 Å². The van der Waals surface area contributed by atoms with Crippen LogP contribution in [0.5, 0.6) is 5.75 Å². The van der Waals surface area contributed by atoms with E-state index in [0.29, 0.717) is 11.0 Å². The molecule has 2 aromatic carbocycles. The van der Waals surface area contributed by atoms with Gasteiger partial charge in [0.25, 0.3) is 5.91 Å². The molecule has 0 unspecified atom stereocenters. The van der Waals surface area contributed by atoms with E-state index in [-0.39, 0.29) is 12.5 Å². The predicted octanol–water partition coefficient (Wildman–Crippen LogP) is 4.83. The highest BCUT2D eigenvalue weighted by molar-refractivity contribution is 7.18. The average Bonchev–Trinajstić information content (AvgIpc) is 3.35. The Labute approximate surface area is 168 Å². The van der Waals surface area contributed by atoms with E-state index in [1.165, 1.54) is 34.4 Å². The van der Waals surface area contributed by atoms with E-state index in [0.717, 1.165) is 29.2 Å². The lowest BCUT2D eigenvalue weighted by Gasteiger charge is -2.07. The molecule has 0 fully saturated rings. The fraction of sp³-hybridized carbons (Fsp3) is 0.318. The van der Waals surface area contributed by atoms with Gasteiger partial charge in [-0.25, -0.2) is 0 Å². The van der Waals surface area contributed by atoms with E-state index in [1.54, 1.807) is 0 Å². The standard InChI is InChI=1S/C22H23N3O2S/c1-14(2)15-6-8-17(9-7-15)21-24-25-22(28-21)23-20(26)13-27-19-11-10-16-4-3-5-18(16)12-19/h6-12,14H,3-5,13H2,1-2H3,(H,23,25,26). The molecule has 5 nitrogen and oxygen atoms in total. The maximum Gasteiger partial charge on any atom is 0.264 e. The van der Waals surface area contributed by atoms with Crippen LogP contribution in [0.2, 0.25) is 0 Å². The minimum atomic E-state index is -0.238. The lowest BCUT2D eigenvalue weighted by molar-refractivity contribution is -0.118. The quantitative estimate of drug-likeness (QED) is 0.651. The molecule has 0 spiro atoms. The second-order valence-corrected chi connectivity index (χ2v) is 8.29. The highest BCUT2D eigenvalue weighted by Gasteiger charge is 2.13. The second kappa shape index (κ2) is 8.10. The van der Waals surface area contributed by atoms with Crippen molar-refractivity contribution in [3.8, 4) is 16.3 Å². The van der Waals surface area contributed by atoms with Crippen molar-refractivity contribution < 1.29 is 9.53 Å². The number of nitrogens with zero attached hydrogens (tertiary/aromatic N) is 2. The van der Waals surface area contributed by atoms with E-state index < -0.39 is 0 Å². The third kappa shape index (κ3) is 4.22. The zero-order valence-electron chi connectivity index (χ0n) is 16.1. The van der Waals surface area contributed by atoms with Crippen LogP contribution in [0.3, 0.4) is 0 Å². The molecular formula is C22H23N3O2S. The van der Waals surface area contributed by atoms with E-state index in [2.05, 4.69) is 47.6 Å². The summed E-state index contributed by atoms with van der Waals surface area (Å²) in [5, 5.41) is 12.3. The summed E-state index contributed by atoms with van der Waals surface area (Å²) in [6.07, 6.45) is 3.42. The van der Waals surface area contributed by atoms with Gasteiger partial charge in [-0.2, -0.15) is 0 Å². The van der Waals surface area contributed by atoms with Crippen molar-refractivity contribution in [2.75, 3.05) is 11.9 Å². The molecule has 1 heterocycles. The Morgan fingerprint density at radius 1 is 1.11 bits per heavy atom. The second-order valence-electron chi connectivity index (χ2n) is 7.31. The molecule has 3 aromatic rings. The van der Waals surface area contributed by atoms with Crippen LogP contribution in [-0.2, 0) is 17.6 Å². The van der Waals surface area contributed by atoms with Crippen LogP contribution in [0.15, 0.2) is 42.5 Å². The van der Waals surface area contributed by atoms with Crippen molar-refractivity contribution in [2.24, 2.45) is 0 Å². The van der Waals surface area contributed by atoms with E-state index in [9.17, 15) is 4.79 Å². The number of hydrogen-bond donors (Lipinski definition) is 1. The smallest absolute Gasteiger partial charge is 0.264 e. The van der Waals surface area contributed by atoms with E-state index in [4.69, 9.17) is 4.74 Å². The Bertz CT molecular complexity index is 980. The fourth-order valence-corrected chi connectivity index (χ4v) is 4.11. The molecule has 144 valence electrons. The van der Waals surface area contributed by atoms with Crippen molar-refractivity contribution in [2.45, 2.75) is 39.0 Å². The van der Waals surface area contributed by atoms with Crippen molar-refractivity contribution in [1.29, 1.82) is 0 Å². The molecule has 1 N–H and O–H groups in total. The number of anilines is 1. The van der Waals surface area contributed by atoms with Gasteiger partial charge in [0.2, 0.25) is 5.13 Å². The Kier molecular flexibility index (Phi) is 5.39. The lowest BCUT2D eigenvalue weighted by atomic mass is 10.0. The highest BCUT2D eigenvalue weighted by atomic mass is 32.1. The van der Waals surface area contributed by atoms with Gasteiger partial charge in [0.15, 0.2) is 6.61 Å². The van der Waals surface area contributed by atoms with Gasteiger partial charge in [0, 0.05) is 5.56 Å². The number of carbonyl (C=O) groups is 1. The molecule has 0 aliphatic heterocycles. The van der Waals surface area contributed by atoms with Crippen molar-refractivity contribution in [3.63, 3.8) is 0 Å². The molecule has 0 saturated carbocycles. The number of amides is 1. The van der Waals surface area contributed by atoms with Crippen LogP contribution in [0.1, 0.15) is 42.9 Å². The summed E-state index contributed by atoms with van der Waals surface area (Å²) < 4.78 is 5.64. The number of aromatic nitrogens is 2. The third-order valence-electron chi connectivity index (χ3n) is 4.94. The van der Waals surface area contributed by atoms with E-state index >= 15 is 0 Å². The Morgan fingerprint density at radius 3 is 2.68 bits per heavy atom. The molecule has 1 amide bonds. The number of rotatable bonds is 6. The number of carbonyl (C=O) groups excluding carboxylic acids is 1. The molecule has 1 aliphatic rings. The minimum absolute atomic E-state index is 0.0449. The summed E-state index contributed by atoms with van der Waals surface area (Å²) in [6, 6.07) is 14.4. The minimum Gasteiger partial charge on any atom is -0.484 e. The lowest BCUT2D eigenvalue weighted by Crippen LogP contribution is -2.20. The first kappa shape index (κ1) is 18.6. The summed E-state index contributed by atoms with van der Waals surface area (Å²) in [4.78, 5) is 12.2. The van der Waals surface area contributed by atoms with Crippen LogP contribution in [0.4, 0.5) is 5.13 Å². The molecule has 0 saturated heterocycles. The zero-order chi connectivity index (χ0) is 19.5. The maximum atomic E-state index is 12.2. The first-order valence-corrected chi connectivity index (χ1v) is 10.4. The van der Waals surface area contributed by atoms with Gasteiger partial charge in [0.05, 0.1) is 0 Å². The highest BCUT2D eigenvalue weighted by Crippen LogP contribution is 2.28. The van der Waals surface area contributed by atoms with Crippen LogP contribution in [0.25, 0.3) is 10.6 Å². The van der Waals surface area contributed by atoms with Gasteiger partial charge in [-0.3, -0.25) is 10.1 Å². The molecule has 0 atom stereocenters. The molecule has 4 rings (SSSR count). The first-order chi connectivity index (χ1) is 13.6. The average molecular weight is 394 g/mol. The largest absolute Gasteiger partial charge is 0.484 e. The molecular weight excluding hydrogens is 370 g/mol. The topological polar surface area (TPSA) is 64.1 Å². The Hall–Kier alpha value is -2.73. The molecule has 1 aliphatic carbocycles. The number of hydrogen-bond acceptors (Lipinski definition) is 5. The van der Waals surface area contributed by atoms with Crippen LogP contribution in [-0.4, -0.2) is 22.7 Å². The maximum absolute atomic E-state index is 12.2. The van der Waals surface area contributed by atoms with Gasteiger partial charge in [-0.05, 0) is 54.0 Å². The van der Waals surface area contributed by atoms with Gasteiger partial charge in [-0.15, -0.1) is 10.2 Å². The number of aryl methyl sites for hydroxylation is 2. The van der Waals surface area contributed by atoms with Crippen LogP contribution >= 0.6 is 11.3 Å². The van der Waals surface area contributed by atoms with Gasteiger partial charge >= 0.3 is 0 Å². The van der Waals surface area contributed by atoms with Crippen LogP contribution < -0.4 is 10.1 Å². The van der Waals surface area contributed by atoms with E-state index in [1.807, 2.05) is 24.3 Å². The Balaban J connectivity index is 1.33. The van der Waals surface area contributed by atoms with Gasteiger partial charge in [0.1, 0.15) is 10.8 Å². The third-order valence-corrected chi connectivity index (χ3v) is 5.82. The first-order valence-electron chi connectivity index (χ1n) is 9.57. The number of ether oxygens (including phenoxy) is 1. The molecule has 28 heavy (non-hydrogen) atoms. The Morgan fingerprint density at radius 2 is 1.89 bits per heavy atom. The summed E-state index contributed by atoms with van der Waals surface area (Å²) in [6.45, 7) is 4.29. The zero-order valence-corrected chi connectivity index (χ0v) is 16.9. The van der Waals surface area contributed by atoms with Crippen LogP contribution in [0, 0.1) is 0 Å². The number of fused-ring (bicyclic) bond motifs is 1. The number of nitrogens with one attached hydrogen (secondary N) is 1. The molecule has 1 aromatic heterocycles. The summed E-state index contributed by atoms with van der Waals surface area (Å²) in [7, 11) is 0. The molecule has 0 bridgehead atoms. The number of benzene rings is 2. The predicted molar refractivity (Wildman–Crippen MR) is 112 cm³/mol. The van der Waals surface area contributed by atoms with Crippen molar-refractivity contribution >= 4 is 22.4 Å². The summed E-state index contributed by atoms with van der Waals surface area (Å²) >= 11 is 1.36.